The van der Waals surface area contributed by atoms with Gasteiger partial charge in [0.15, 0.2) is 11.6 Å². The quantitative estimate of drug-likeness (QED) is 0.811. The molecule has 0 amide bonds. The van der Waals surface area contributed by atoms with E-state index in [0.717, 1.165) is 5.56 Å². The monoisotopic (exact) mass is 274 g/mol. The molecule has 0 bridgehead atoms. The Hall–Kier alpha value is -2.23. The third-order valence-electron chi connectivity index (χ3n) is 3.08. The van der Waals surface area contributed by atoms with Crippen LogP contribution in [0, 0.1) is 5.82 Å². The van der Waals surface area contributed by atoms with Crippen molar-refractivity contribution in [2.75, 3.05) is 17.7 Å². The van der Waals surface area contributed by atoms with Gasteiger partial charge in [-0.15, -0.1) is 0 Å². The Bertz CT molecular complexity index is 572. The van der Waals surface area contributed by atoms with Crippen LogP contribution in [0.25, 0.3) is 0 Å². The lowest BCUT2D eigenvalue weighted by atomic mass is 10.1. The van der Waals surface area contributed by atoms with E-state index < -0.39 is 5.82 Å². The van der Waals surface area contributed by atoms with Crippen LogP contribution in [0.4, 0.5) is 15.8 Å². The van der Waals surface area contributed by atoms with Crippen molar-refractivity contribution in [3.63, 3.8) is 0 Å². The molecule has 0 aliphatic carbocycles. The van der Waals surface area contributed by atoms with Gasteiger partial charge in [-0.3, -0.25) is 0 Å². The van der Waals surface area contributed by atoms with E-state index in [4.69, 9.17) is 10.5 Å². The Kier molecular flexibility index (Phi) is 4.45. The van der Waals surface area contributed by atoms with Crippen molar-refractivity contribution >= 4 is 11.4 Å². The van der Waals surface area contributed by atoms with E-state index in [9.17, 15) is 4.39 Å². The van der Waals surface area contributed by atoms with Crippen LogP contribution in [0.15, 0.2) is 42.5 Å². The zero-order chi connectivity index (χ0) is 14.5. The Morgan fingerprint density at radius 2 is 1.95 bits per heavy atom. The van der Waals surface area contributed by atoms with Crippen molar-refractivity contribution in [3.8, 4) is 5.75 Å². The maximum absolute atomic E-state index is 13.6. The summed E-state index contributed by atoms with van der Waals surface area (Å²) in [5.41, 5.74) is 8.03. The van der Waals surface area contributed by atoms with E-state index in [2.05, 4.69) is 5.32 Å². The van der Waals surface area contributed by atoms with Crippen molar-refractivity contribution in [3.05, 3.63) is 53.8 Å². The summed E-state index contributed by atoms with van der Waals surface area (Å²) >= 11 is 0. The molecule has 20 heavy (non-hydrogen) atoms. The second-order valence-corrected chi connectivity index (χ2v) is 4.58. The number of hydrogen-bond donors (Lipinski definition) is 2. The molecular formula is C16H19FN2O. The number of nitrogens with one attached hydrogen (secondary N) is 1. The lowest BCUT2D eigenvalue weighted by molar-refractivity contribution is 0.322. The molecule has 0 heterocycles. The van der Waals surface area contributed by atoms with Crippen molar-refractivity contribution in [2.45, 2.75) is 19.9 Å². The minimum absolute atomic E-state index is 0.0680. The molecule has 0 radical (unpaired) electrons. The molecule has 0 aliphatic rings. The zero-order valence-electron chi connectivity index (χ0n) is 11.7. The summed E-state index contributed by atoms with van der Waals surface area (Å²) in [6.45, 7) is 4.25. The topological polar surface area (TPSA) is 47.3 Å². The van der Waals surface area contributed by atoms with Gasteiger partial charge in [-0.25, -0.2) is 4.39 Å². The van der Waals surface area contributed by atoms with Crippen LogP contribution in [0.3, 0.4) is 0 Å². The molecule has 4 heteroatoms. The summed E-state index contributed by atoms with van der Waals surface area (Å²) in [4.78, 5) is 0. The molecule has 2 aromatic rings. The molecule has 0 fully saturated rings. The number of hydrogen-bond acceptors (Lipinski definition) is 3. The first-order valence-electron chi connectivity index (χ1n) is 6.65. The van der Waals surface area contributed by atoms with E-state index >= 15 is 0 Å². The predicted molar refractivity (Wildman–Crippen MR) is 80.5 cm³/mol. The maximum Gasteiger partial charge on any atom is 0.167 e. The lowest BCUT2D eigenvalue weighted by Gasteiger charge is -2.18. The Morgan fingerprint density at radius 3 is 2.60 bits per heavy atom. The molecule has 0 spiro atoms. The number of rotatable bonds is 5. The summed E-state index contributed by atoms with van der Waals surface area (Å²) in [6, 6.07) is 12.9. The first-order chi connectivity index (χ1) is 9.61. The number of ether oxygens (including phenoxy) is 1. The lowest BCUT2D eigenvalue weighted by Crippen LogP contribution is -2.09. The highest BCUT2D eigenvalue weighted by Crippen LogP contribution is 2.30. The molecule has 0 saturated carbocycles. The number of nitrogen functional groups attached to an aromatic ring is 1. The molecule has 3 nitrogen and oxygen atoms in total. The van der Waals surface area contributed by atoms with Crippen LogP contribution in [-0.4, -0.2) is 6.61 Å². The average Bonchev–Trinajstić information content (AvgIpc) is 2.45. The summed E-state index contributed by atoms with van der Waals surface area (Å²) in [7, 11) is 0. The highest BCUT2D eigenvalue weighted by atomic mass is 19.1. The Morgan fingerprint density at radius 1 is 1.25 bits per heavy atom. The molecule has 3 N–H and O–H groups in total. The molecule has 1 unspecified atom stereocenters. The van der Waals surface area contributed by atoms with Crippen molar-refractivity contribution < 1.29 is 9.13 Å². The third-order valence-corrected chi connectivity index (χ3v) is 3.08. The van der Waals surface area contributed by atoms with Gasteiger partial charge in [-0.2, -0.15) is 0 Å². The summed E-state index contributed by atoms with van der Waals surface area (Å²) in [5, 5.41) is 3.28. The SMILES string of the molecule is CCOc1cc(NC(C)c2ccccc2)c(N)cc1F. The fourth-order valence-corrected chi connectivity index (χ4v) is 2.02. The van der Waals surface area contributed by atoms with Crippen molar-refractivity contribution in [2.24, 2.45) is 0 Å². The zero-order valence-corrected chi connectivity index (χ0v) is 11.7. The molecule has 1 atom stereocenters. The first kappa shape index (κ1) is 14.2. The second-order valence-electron chi connectivity index (χ2n) is 4.58. The van der Waals surface area contributed by atoms with Gasteiger partial charge in [0.2, 0.25) is 0 Å². The number of halogens is 1. The van der Waals surface area contributed by atoms with Gasteiger partial charge in [-0.05, 0) is 19.4 Å². The highest BCUT2D eigenvalue weighted by Gasteiger charge is 2.11. The normalized spacial score (nSPS) is 11.9. The molecule has 2 aromatic carbocycles. The van der Waals surface area contributed by atoms with Gasteiger partial charge < -0.3 is 15.8 Å². The minimum Gasteiger partial charge on any atom is -0.491 e. The first-order valence-corrected chi connectivity index (χ1v) is 6.65. The highest BCUT2D eigenvalue weighted by molar-refractivity contribution is 5.69. The molecule has 0 saturated heterocycles. The summed E-state index contributed by atoms with van der Waals surface area (Å²) in [6.07, 6.45) is 0. The summed E-state index contributed by atoms with van der Waals surface area (Å²) in [5.74, 6) is -0.230. The average molecular weight is 274 g/mol. The maximum atomic E-state index is 13.6. The fraction of sp³-hybridized carbons (Fsp3) is 0.250. The molecule has 106 valence electrons. The van der Waals surface area contributed by atoms with Crippen LogP contribution in [-0.2, 0) is 0 Å². The Balaban J connectivity index is 2.22. The van der Waals surface area contributed by atoms with Crippen LogP contribution >= 0.6 is 0 Å². The standard InChI is InChI=1S/C16H19FN2O/c1-3-20-16-10-15(14(18)9-13(16)17)19-11(2)12-7-5-4-6-8-12/h4-11,19H,3,18H2,1-2H3. The predicted octanol–water partition coefficient (Wildman–Crippen LogP) is 3.98. The van der Waals surface area contributed by atoms with Crippen LogP contribution < -0.4 is 15.8 Å². The molecule has 0 aromatic heterocycles. The number of nitrogens with two attached hydrogens (primary N) is 1. The van der Waals surface area contributed by atoms with E-state index in [1.807, 2.05) is 44.2 Å². The molecule has 2 rings (SSSR count). The molecule has 0 aliphatic heterocycles. The number of benzene rings is 2. The third kappa shape index (κ3) is 3.20. The van der Waals surface area contributed by atoms with E-state index in [1.54, 1.807) is 6.07 Å². The van der Waals surface area contributed by atoms with E-state index in [1.165, 1.54) is 6.07 Å². The van der Waals surface area contributed by atoms with E-state index in [-0.39, 0.29) is 11.8 Å². The van der Waals surface area contributed by atoms with Crippen LogP contribution in [0.1, 0.15) is 25.5 Å². The second kappa shape index (κ2) is 6.28. The van der Waals surface area contributed by atoms with Gasteiger partial charge in [0.05, 0.1) is 18.0 Å². The summed E-state index contributed by atoms with van der Waals surface area (Å²) < 4.78 is 18.9. The van der Waals surface area contributed by atoms with Crippen molar-refractivity contribution in [1.82, 2.24) is 0 Å². The van der Waals surface area contributed by atoms with Crippen LogP contribution in [0.2, 0.25) is 0 Å². The van der Waals surface area contributed by atoms with Gasteiger partial charge in [0.1, 0.15) is 0 Å². The fourth-order valence-electron chi connectivity index (χ4n) is 2.02. The van der Waals surface area contributed by atoms with Gasteiger partial charge in [0, 0.05) is 18.2 Å². The number of anilines is 2. The molecular weight excluding hydrogens is 255 g/mol. The minimum atomic E-state index is -0.442. The van der Waals surface area contributed by atoms with Gasteiger partial charge >= 0.3 is 0 Å². The van der Waals surface area contributed by atoms with Crippen molar-refractivity contribution in [1.29, 1.82) is 0 Å². The Labute approximate surface area is 118 Å². The van der Waals surface area contributed by atoms with Crippen LogP contribution in [0.5, 0.6) is 5.75 Å². The van der Waals surface area contributed by atoms with Gasteiger partial charge in [-0.1, -0.05) is 30.3 Å². The largest absolute Gasteiger partial charge is 0.491 e. The van der Waals surface area contributed by atoms with E-state index in [0.29, 0.717) is 18.0 Å². The smallest absolute Gasteiger partial charge is 0.167 e. The van der Waals surface area contributed by atoms with Gasteiger partial charge in [0.25, 0.3) is 0 Å².